The van der Waals surface area contributed by atoms with Gasteiger partial charge in [0.15, 0.2) is 5.03 Å². The second-order valence-electron chi connectivity index (χ2n) is 3.21. The molecule has 0 saturated carbocycles. The molecule has 0 aromatic carbocycles. The number of aromatic nitrogens is 2. The van der Waals surface area contributed by atoms with E-state index in [-0.39, 0.29) is 10.8 Å². The van der Waals surface area contributed by atoms with Crippen LogP contribution in [0.1, 0.15) is 13.8 Å². The van der Waals surface area contributed by atoms with Crippen molar-refractivity contribution in [2.75, 3.05) is 0 Å². The molecule has 1 rings (SSSR count). The zero-order valence-corrected chi connectivity index (χ0v) is 9.28. The average Bonchev–Trinajstić information content (AvgIpc) is 2.12. The van der Waals surface area contributed by atoms with Crippen LogP contribution in [0.15, 0.2) is 22.2 Å². The Kier molecular flexibility index (Phi) is 3.71. The van der Waals surface area contributed by atoms with Crippen molar-refractivity contribution in [2.24, 2.45) is 7.05 Å². The van der Waals surface area contributed by atoms with Gasteiger partial charge >= 0.3 is 0 Å². The van der Waals surface area contributed by atoms with E-state index in [2.05, 4.69) is 4.98 Å². The first-order valence-corrected chi connectivity index (χ1v) is 5.26. The Labute approximate surface area is 87.0 Å². The van der Waals surface area contributed by atoms with Crippen LogP contribution in [-0.2, 0) is 7.05 Å². The monoisotopic (exact) mass is 214 g/mol. The molecule has 0 amide bonds. The number of aryl methyl sites for hydroxylation is 1. The highest BCUT2D eigenvalue weighted by molar-refractivity contribution is 7.99. The number of hydrogen-bond donors (Lipinski definition) is 1. The van der Waals surface area contributed by atoms with E-state index in [0.29, 0.717) is 5.03 Å². The molecule has 2 atom stereocenters. The van der Waals surface area contributed by atoms with Crippen molar-refractivity contribution >= 4 is 11.8 Å². The van der Waals surface area contributed by atoms with Gasteiger partial charge in [0, 0.05) is 24.7 Å². The third kappa shape index (κ3) is 2.59. The molecule has 0 fully saturated rings. The van der Waals surface area contributed by atoms with E-state index >= 15 is 0 Å². The first-order valence-electron chi connectivity index (χ1n) is 4.38. The summed E-state index contributed by atoms with van der Waals surface area (Å²) in [6.45, 7) is 3.56. The largest absolute Gasteiger partial charge is 0.392 e. The van der Waals surface area contributed by atoms with Crippen molar-refractivity contribution in [2.45, 2.75) is 30.2 Å². The summed E-state index contributed by atoms with van der Waals surface area (Å²) in [5.41, 5.74) is -0.120. The predicted molar refractivity (Wildman–Crippen MR) is 56.5 cm³/mol. The molecule has 5 heteroatoms. The normalized spacial score (nSPS) is 15.1. The van der Waals surface area contributed by atoms with Crippen LogP contribution in [-0.4, -0.2) is 26.0 Å². The lowest BCUT2D eigenvalue weighted by Gasteiger charge is -2.12. The van der Waals surface area contributed by atoms with Crippen LogP contribution in [0.25, 0.3) is 0 Å². The number of nitrogens with zero attached hydrogens (tertiary/aromatic N) is 2. The summed E-state index contributed by atoms with van der Waals surface area (Å²) in [6.07, 6.45) is 2.74. The standard InChI is InChI=1S/C9H14N2O2S/c1-6(12)7(2)14-8-9(13)11(3)5-4-10-8/h4-7,12H,1-3H3. The average molecular weight is 214 g/mol. The maximum absolute atomic E-state index is 11.5. The molecule has 1 aromatic rings. The van der Waals surface area contributed by atoms with Crippen LogP contribution in [0.2, 0.25) is 0 Å². The number of thioether (sulfide) groups is 1. The molecule has 1 N–H and O–H groups in total. The van der Waals surface area contributed by atoms with Gasteiger partial charge in [-0.2, -0.15) is 0 Å². The topological polar surface area (TPSA) is 55.1 Å². The molecule has 1 heterocycles. The fourth-order valence-electron chi connectivity index (χ4n) is 0.830. The van der Waals surface area contributed by atoms with Crippen LogP contribution in [0.5, 0.6) is 0 Å². The number of aliphatic hydroxyl groups excluding tert-OH is 1. The predicted octanol–water partition coefficient (Wildman–Crippen LogP) is 0.642. The summed E-state index contributed by atoms with van der Waals surface area (Å²) in [4.78, 5) is 15.5. The van der Waals surface area contributed by atoms with Crippen molar-refractivity contribution in [3.63, 3.8) is 0 Å². The minimum Gasteiger partial charge on any atom is -0.392 e. The summed E-state index contributed by atoms with van der Waals surface area (Å²) >= 11 is 1.30. The summed E-state index contributed by atoms with van der Waals surface area (Å²) in [5, 5.41) is 9.69. The number of aliphatic hydroxyl groups is 1. The second-order valence-corrected chi connectivity index (χ2v) is 4.58. The first kappa shape index (κ1) is 11.3. The molecule has 0 bridgehead atoms. The second kappa shape index (κ2) is 4.61. The minimum atomic E-state index is -0.452. The molecule has 1 aromatic heterocycles. The smallest absolute Gasteiger partial charge is 0.282 e. The van der Waals surface area contributed by atoms with Crippen LogP contribution >= 0.6 is 11.8 Å². The van der Waals surface area contributed by atoms with Crippen molar-refractivity contribution in [1.82, 2.24) is 9.55 Å². The summed E-state index contributed by atoms with van der Waals surface area (Å²) in [5.74, 6) is 0. The third-order valence-corrected chi connectivity index (χ3v) is 3.23. The zero-order valence-electron chi connectivity index (χ0n) is 8.47. The van der Waals surface area contributed by atoms with Gasteiger partial charge in [-0.05, 0) is 6.92 Å². The van der Waals surface area contributed by atoms with Gasteiger partial charge in [0.05, 0.1) is 6.10 Å². The molecule has 4 nitrogen and oxygen atoms in total. The molecule has 0 spiro atoms. The number of rotatable bonds is 3. The lowest BCUT2D eigenvalue weighted by Crippen LogP contribution is -2.22. The molecular formula is C9H14N2O2S. The van der Waals surface area contributed by atoms with E-state index in [1.807, 2.05) is 6.92 Å². The highest BCUT2D eigenvalue weighted by Crippen LogP contribution is 2.19. The van der Waals surface area contributed by atoms with Gasteiger partial charge in [-0.1, -0.05) is 18.7 Å². The molecule has 0 aliphatic carbocycles. The lowest BCUT2D eigenvalue weighted by atomic mass is 10.3. The fraction of sp³-hybridized carbons (Fsp3) is 0.556. The van der Waals surface area contributed by atoms with Gasteiger partial charge in [0.25, 0.3) is 5.56 Å². The van der Waals surface area contributed by atoms with E-state index in [1.54, 1.807) is 26.4 Å². The van der Waals surface area contributed by atoms with Gasteiger partial charge in [0.2, 0.25) is 0 Å². The fourth-order valence-corrected chi connectivity index (χ4v) is 1.75. The highest BCUT2D eigenvalue weighted by atomic mass is 32.2. The van der Waals surface area contributed by atoms with Gasteiger partial charge in [-0.15, -0.1) is 0 Å². The zero-order chi connectivity index (χ0) is 10.7. The Morgan fingerprint density at radius 2 is 2.21 bits per heavy atom. The lowest BCUT2D eigenvalue weighted by molar-refractivity contribution is 0.196. The summed E-state index contributed by atoms with van der Waals surface area (Å²) in [6, 6.07) is 0. The van der Waals surface area contributed by atoms with Crippen molar-refractivity contribution in [3.05, 3.63) is 22.7 Å². The Hall–Kier alpha value is -0.810. The molecule has 0 saturated heterocycles. The van der Waals surface area contributed by atoms with Crippen LogP contribution in [0.4, 0.5) is 0 Å². The Balaban J connectivity index is 2.87. The molecule has 0 aliphatic rings. The van der Waals surface area contributed by atoms with Gasteiger partial charge in [0.1, 0.15) is 0 Å². The Morgan fingerprint density at radius 1 is 1.57 bits per heavy atom. The molecule has 14 heavy (non-hydrogen) atoms. The van der Waals surface area contributed by atoms with E-state index in [0.717, 1.165) is 0 Å². The molecule has 0 aliphatic heterocycles. The Morgan fingerprint density at radius 3 is 2.79 bits per heavy atom. The van der Waals surface area contributed by atoms with Crippen molar-refractivity contribution in [1.29, 1.82) is 0 Å². The molecular weight excluding hydrogens is 200 g/mol. The van der Waals surface area contributed by atoms with Crippen molar-refractivity contribution in [3.8, 4) is 0 Å². The summed E-state index contributed by atoms with van der Waals surface area (Å²) < 4.78 is 1.48. The van der Waals surface area contributed by atoms with E-state index in [9.17, 15) is 9.90 Å². The van der Waals surface area contributed by atoms with Crippen LogP contribution < -0.4 is 5.56 Å². The van der Waals surface area contributed by atoms with E-state index < -0.39 is 6.10 Å². The van der Waals surface area contributed by atoms with E-state index in [1.165, 1.54) is 16.3 Å². The maximum Gasteiger partial charge on any atom is 0.282 e. The van der Waals surface area contributed by atoms with Gasteiger partial charge < -0.3 is 9.67 Å². The van der Waals surface area contributed by atoms with Gasteiger partial charge in [-0.3, -0.25) is 4.79 Å². The van der Waals surface area contributed by atoms with Gasteiger partial charge in [-0.25, -0.2) is 4.98 Å². The quantitative estimate of drug-likeness (QED) is 0.750. The summed E-state index contributed by atoms with van der Waals surface area (Å²) in [7, 11) is 1.68. The third-order valence-electron chi connectivity index (χ3n) is 1.96. The number of hydrogen-bond acceptors (Lipinski definition) is 4. The van der Waals surface area contributed by atoms with Crippen LogP contribution in [0, 0.1) is 0 Å². The van der Waals surface area contributed by atoms with Crippen LogP contribution in [0.3, 0.4) is 0 Å². The molecule has 78 valence electrons. The minimum absolute atomic E-state index is 0.0300. The van der Waals surface area contributed by atoms with Crippen molar-refractivity contribution < 1.29 is 5.11 Å². The molecule has 0 radical (unpaired) electrons. The maximum atomic E-state index is 11.5. The Bertz CT molecular complexity index is 362. The van der Waals surface area contributed by atoms with E-state index in [4.69, 9.17) is 0 Å². The highest BCUT2D eigenvalue weighted by Gasteiger charge is 2.13. The first-order chi connectivity index (χ1) is 6.52. The molecule has 2 unspecified atom stereocenters. The SMILES string of the molecule is CC(O)C(C)Sc1nccn(C)c1=O.